The molecule has 0 aliphatic carbocycles. The van der Waals surface area contributed by atoms with Crippen LogP contribution in [0.15, 0.2) is 18.2 Å². The second kappa shape index (κ2) is 6.88. The van der Waals surface area contributed by atoms with Gasteiger partial charge in [0, 0.05) is 7.05 Å². The maximum absolute atomic E-state index is 12.8. The first-order chi connectivity index (χ1) is 10.7. The quantitative estimate of drug-likeness (QED) is 0.854. The maximum atomic E-state index is 12.8. The summed E-state index contributed by atoms with van der Waals surface area (Å²) in [4.78, 5) is 4.34. The molecule has 2 N–H and O–H groups in total. The third-order valence-electron chi connectivity index (χ3n) is 4.03. The Bertz CT molecular complexity index is 666. The number of nitrogens with one attached hydrogen (secondary N) is 1. The average Bonchev–Trinajstić information content (AvgIpc) is 2.82. The predicted molar refractivity (Wildman–Crippen MR) is 83.0 cm³/mol. The highest BCUT2D eigenvalue weighted by atomic mass is 19.4. The third-order valence-corrected chi connectivity index (χ3v) is 4.03. The molecule has 0 bridgehead atoms. The van der Waals surface area contributed by atoms with Crippen LogP contribution in [0.5, 0.6) is 0 Å². The molecule has 4 nitrogen and oxygen atoms in total. The minimum Gasteiger partial charge on any atom is -0.393 e. The minimum absolute atomic E-state index is 0.120. The number of benzene rings is 1. The van der Waals surface area contributed by atoms with Crippen molar-refractivity contribution in [2.45, 2.75) is 45.0 Å². The van der Waals surface area contributed by atoms with Gasteiger partial charge in [-0.15, -0.1) is 0 Å². The Hall–Kier alpha value is -1.60. The van der Waals surface area contributed by atoms with Crippen molar-refractivity contribution in [1.82, 2.24) is 14.9 Å². The van der Waals surface area contributed by atoms with Crippen molar-refractivity contribution in [1.29, 1.82) is 0 Å². The first kappa shape index (κ1) is 17.7. The Balaban J connectivity index is 2.19. The number of aromatic nitrogens is 2. The van der Waals surface area contributed by atoms with E-state index in [0.717, 1.165) is 12.1 Å². The summed E-state index contributed by atoms with van der Waals surface area (Å²) in [5.74, 6) is 0.672. The molecule has 23 heavy (non-hydrogen) atoms. The molecule has 0 saturated carbocycles. The average molecular weight is 329 g/mol. The van der Waals surface area contributed by atoms with Crippen LogP contribution in [0.1, 0.15) is 44.1 Å². The standard InChI is InChI=1S/C16H22F3N3O/c1-4-12(23)7-8-20-10(2)15-21-13-9-11(16(17,18)19)5-6-14(13)22(15)3/h5-6,9-10,12,20,23H,4,7-8H2,1-3H3. The molecular formula is C16H22F3N3O. The topological polar surface area (TPSA) is 50.1 Å². The summed E-state index contributed by atoms with van der Waals surface area (Å²) in [6, 6.07) is 3.48. The van der Waals surface area contributed by atoms with E-state index in [1.165, 1.54) is 6.07 Å². The monoisotopic (exact) mass is 329 g/mol. The lowest BCUT2D eigenvalue weighted by molar-refractivity contribution is -0.137. The molecule has 0 radical (unpaired) electrons. The zero-order valence-corrected chi connectivity index (χ0v) is 13.5. The van der Waals surface area contributed by atoms with Gasteiger partial charge in [0.15, 0.2) is 0 Å². The van der Waals surface area contributed by atoms with Gasteiger partial charge in [0.25, 0.3) is 0 Å². The molecule has 2 aromatic rings. The Morgan fingerprint density at radius 2 is 2.04 bits per heavy atom. The number of fused-ring (bicyclic) bond motifs is 1. The largest absolute Gasteiger partial charge is 0.416 e. The summed E-state index contributed by atoms with van der Waals surface area (Å²) in [6.45, 7) is 4.44. The van der Waals surface area contributed by atoms with Gasteiger partial charge in [-0.25, -0.2) is 4.98 Å². The molecule has 0 aliphatic rings. The van der Waals surface area contributed by atoms with E-state index in [1.54, 1.807) is 11.6 Å². The van der Waals surface area contributed by atoms with Crippen molar-refractivity contribution in [2.75, 3.05) is 6.54 Å². The lowest BCUT2D eigenvalue weighted by atomic mass is 10.2. The number of imidazole rings is 1. The number of nitrogens with zero attached hydrogens (tertiary/aromatic N) is 2. The molecule has 7 heteroatoms. The zero-order valence-electron chi connectivity index (χ0n) is 13.5. The number of alkyl halides is 3. The van der Waals surface area contributed by atoms with E-state index in [9.17, 15) is 18.3 Å². The molecule has 1 aromatic carbocycles. The van der Waals surface area contributed by atoms with E-state index < -0.39 is 11.7 Å². The van der Waals surface area contributed by atoms with Crippen LogP contribution >= 0.6 is 0 Å². The second-order valence-electron chi connectivity index (χ2n) is 5.76. The molecule has 0 saturated heterocycles. The lowest BCUT2D eigenvalue weighted by Gasteiger charge is -2.15. The number of aliphatic hydroxyl groups is 1. The van der Waals surface area contributed by atoms with Crippen LogP contribution < -0.4 is 5.32 Å². The van der Waals surface area contributed by atoms with E-state index in [4.69, 9.17) is 0 Å². The van der Waals surface area contributed by atoms with Gasteiger partial charge in [0.1, 0.15) is 5.82 Å². The summed E-state index contributed by atoms with van der Waals surface area (Å²) in [5.41, 5.74) is 0.302. The smallest absolute Gasteiger partial charge is 0.393 e. The Morgan fingerprint density at radius 3 is 2.65 bits per heavy atom. The van der Waals surface area contributed by atoms with Crippen LogP contribution in [0.4, 0.5) is 13.2 Å². The fourth-order valence-corrected chi connectivity index (χ4v) is 2.54. The van der Waals surface area contributed by atoms with Crippen LogP contribution in [-0.2, 0) is 13.2 Å². The second-order valence-corrected chi connectivity index (χ2v) is 5.76. The number of aryl methyl sites for hydroxylation is 1. The van der Waals surface area contributed by atoms with Crippen molar-refractivity contribution in [3.05, 3.63) is 29.6 Å². The van der Waals surface area contributed by atoms with Crippen molar-refractivity contribution in [3.63, 3.8) is 0 Å². The Kier molecular flexibility index (Phi) is 5.31. The van der Waals surface area contributed by atoms with Crippen molar-refractivity contribution < 1.29 is 18.3 Å². The molecule has 2 rings (SSSR count). The number of aliphatic hydroxyl groups excluding tert-OH is 1. The minimum atomic E-state index is -4.37. The van der Waals surface area contributed by atoms with Crippen LogP contribution in [0.3, 0.4) is 0 Å². The molecule has 128 valence electrons. The number of hydrogen-bond donors (Lipinski definition) is 2. The lowest BCUT2D eigenvalue weighted by Crippen LogP contribution is -2.25. The van der Waals surface area contributed by atoms with Crippen LogP contribution in [0.2, 0.25) is 0 Å². The normalized spacial score (nSPS) is 15.1. The van der Waals surface area contributed by atoms with Gasteiger partial charge < -0.3 is 15.0 Å². The van der Waals surface area contributed by atoms with Crippen molar-refractivity contribution in [2.24, 2.45) is 7.05 Å². The van der Waals surface area contributed by atoms with E-state index in [1.807, 2.05) is 13.8 Å². The van der Waals surface area contributed by atoms with Crippen LogP contribution in [0, 0.1) is 0 Å². The molecule has 2 unspecified atom stereocenters. The van der Waals surface area contributed by atoms with Gasteiger partial charge in [-0.3, -0.25) is 0 Å². The molecule has 1 aromatic heterocycles. The fraction of sp³-hybridized carbons (Fsp3) is 0.562. The van der Waals surface area contributed by atoms with Gasteiger partial charge in [0.2, 0.25) is 0 Å². The van der Waals surface area contributed by atoms with E-state index >= 15 is 0 Å². The van der Waals surface area contributed by atoms with Gasteiger partial charge in [-0.1, -0.05) is 6.92 Å². The third kappa shape index (κ3) is 4.03. The first-order valence-electron chi connectivity index (χ1n) is 7.69. The summed E-state index contributed by atoms with van der Waals surface area (Å²) < 4.78 is 40.2. The predicted octanol–water partition coefficient (Wildman–Crippen LogP) is 3.40. The van der Waals surface area contributed by atoms with E-state index in [2.05, 4.69) is 10.3 Å². The molecular weight excluding hydrogens is 307 g/mol. The summed E-state index contributed by atoms with van der Waals surface area (Å²) in [5, 5.41) is 12.8. The van der Waals surface area contributed by atoms with Crippen LogP contribution in [0.25, 0.3) is 11.0 Å². The SMILES string of the molecule is CCC(O)CCNC(C)c1nc2cc(C(F)(F)F)ccc2n1C. The highest BCUT2D eigenvalue weighted by molar-refractivity contribution is 5.77. The number of rotatable bonds is 6. The van der Waals surface area contributed by atoms with Gasteiger partial charge in [0.05, 0.1) is 28.7 Å². The maximum Gasteiger partial charge on any atom is 0.416 e. The molecule has 0 aliphatic heterocycles. The van der Waals surface area contributed by atoms with Gasteiger partial charge in [-0.2, -0.15) is 13.2 Å². The molecule has 2 atom stereocenters. The number of hydrogen-bond acceptors (Lipinski definition) is 3. The molecule has 0 fully saturated rings. The Morgan fingerprint density at radius 1 is 1.35 bits per heavy atom. The van der Waals surface area contributed by atoms with Crippen molar-refractivity contribution >= 4 is 11.0 Å². The zero-order chi connectivity index (χ0) is 17.2. The summed E-state index contributed by atoms with van der Waals surface area (Å²) >= 11 is 0. The molecule has 0 amide bonds. The van der Waals surface area contributed by atoms with Crippen LogP contribution in [-0.4, -0.2) is 27.3 Å². The van der Waals surface area contributed by atoms with Gasteiger partial charge >= 0.3 is 6.18 Å². The van der Waals surface area contributed by atoms with E-state index in [-0.39, 0.29) is 12.1 Å². The number of halogens is 3. The summed E-state index contributed by atoms with van der Waals surface area (Å²) in [7, 11) is 1.79. The Labute approximate surface area is 133 Å². The highest BCUT2D eigenvalue weighted by Gasteiger charge is 2.31. The van der Waals surface area contributed by atoms with E-state index in [0.29, 0.717) is 36.2 Å². The highest BCUT2D eigenvalue weighted by Crippen LogP contribution is 2.31. The van der Waals surface area contributed by atoms with Crippen molar-refractivity contribution in [3.8, 4) is 0 Å². The molecule has 0 spiro atoms. The fourth-order valence-electron chi connectivity index (χ4n) is 2.54. The summed E-state index contributed by atoms with van der Waals surface area (Å²) in [6.07, 6.45) is -3.39. The first-order valence-corrected chi connectivity index (χ1v) is 7.69. The molecule has 1 heterocycles. The van der Waals surface area contributed by atoms with Gasteiger partial charge in [-0.05, 0) is 44.5 Å².